The summed E-state index contributed by atoms with van der Waals surface area (Å²) in [6.45, 7) is 12.8. The van der Waals surface area contributed by atoms with Crippen LogP contribution in [0.3, 0.4) is 0 Å². The number of halogens is 1. The molecular formula is C61H78FN11O9. The van der Waals surface area contributed by atoms with E-state index in [-0.39, 0.29) is 130 Å². The zero-order chi connectivity index (χ0) is 59.0. The maximum atomic E-state index is 14.8. The quantitative estimate of drug-likeness (QED) is 0.0860. The first-order valence-corrected chi connectivity index (χ1v) is 28.2. The van der Waals surface area contributed by atoms with E-state index >= 15 is 0 Å². The highest BCUT2D eigenvalue weighted by molar-refractivity contribution is 6.08. The van der Waals surface area contributed by atoms with Gasteiger partial charge in [0.2, 0.25) is 23.6 Å². The number of nitrogens with one attached hydrogen (secondary N) is 3. The molecule has 2 bridgehead atoms. The molecule has 82 heavy (non-hydrogen) atoms. The molecule has 1 aliphatic carbocycles. The minimum absolute atomic E-state index is 0.0885. The maximum Gasteiger partial charge on any atom is 0.254 e. The Bertz CT molecular complexity index is 3090. The molecule has 21 heteroatoms. The number of anilines is 1. The molecule has 4 heterocycles. The number of aromatic nitrogens is 1. The van der Waals surface area contributed by atoms with Crippen molar-refractivity contribution in [2.45, 2.75) is 122 Å². The Morgan fingerprint density at radius 3 is 2.49 bits per heavy atom. The van der Waals surface area contributed by atoms with Crippen molar-refractivity contribution < 1.29 is 47.3 Å². The van der Waals surface area contributed by atoms with Gasteiger partial charge in [-0.2, -0.15) is 10.4 Å². The van der Waals surface area contributed by atoms with Crippen LogP contribution in [0.15, 0.2) is 78.0 Å². The second-order valence-electron chi connectivity index (χ2n) is 23.0. The van der Waals surface area contributed by atoms with Crippen molar-refractivity contribution in [3.8, 4) is 17.6 Å². The number of hydrogen-bond donors (Lipinski definition) is 4. The van der Waals surface area contributed by atoms with Gasteiger partial charge >= 0.3 is 0 Å². The van der Waals surface area contributed by atoms with Crippen LogP contribution >= 0.6 is 0 Å². The molecule has 3 unspecified atom stereocenters. The predicted octanol–water partition coefficient (Wildman–Crippen LogP) is 5.40. The second kappa shape index (κ2) is 26.1. The number of amides is 5. The Hall–Kier alpha value is -7.67. The topological polar surface area (TPSA) is 246 Å². The summed E-state index contributed by atoms with van der Waals surface area (Å²) in [7, 11) is 5.01. The summed E-state index contributed by atoms with van der Waals surface area (Å²) in [6, 6.07) is 18.7. The lowest BCUT2D eigenvalue weighted by atomic mass is 9.73. The van der Waals surface area contributed by atoms with Crippen molar-refractivity contribution in [2.75, 3.05) is 79.5 Å². The van der Waals surface area contributed by atoms with Gasteiger partial charge in [-0.05, 0) is 117 Å². The molecule has 0 spiro atoms. The number of benzene rings is 3. The SMILES string of the molecule is CN[C@H](C)C(=O)N[C@@H](C(=O)N1Cc2cc(OCCOCCOCCC(=O)N(C)CCN3N=C(C#N)C4(C)c5cnc(N)c(c5)O[C@H](C)c5cc(F)ccc5C(=O)N(C)CC34)ccc2C[C@@H]1C(=O)NC1CCCc2ccccc21)C(C)(C)C. The number of hydrogen-bond acceptors (Lipinski definition) is 15. The van der Waals surface area contributed by atoms with Crippen LogP contribution in [0.1, 0.15) is 117 Å². The van der Waals surface area contributed by atoms with Gasteiger partial charge in [0.05, 0.1) is 62.9 Å². The van der Waals surface area contributed by atoms with Crippen LogP contribution in [-0.4, -0.2) is 158 Å². The number of likely N-dealkylation sites (N-methyl/N-ethyl adjacent to an activating group) is 3. The fourth-order valence-electron chi connectivity index (χ4n) is 11.2. The molecule has 4 aromatic rings. The first kappa shape index (κ1) is 60.4. The van der Waals surface area contributed by atoms with Crippen LogP contribution in [0.4, 0.5) is 10.2 Å². The van der Waals surface area contributed by atoms with Gasteiger partial charge in [0.25, 0.3) is 5.91 Å². The van der Waals surface area contributed by atoms with Gasteiger partial charge in [0, 0.05) is 57.5 Å². The third-order valence-electron chi connectivity index (χ3n) is 16.3. The fourth-order valence-corrected chi connectivity index (χ4v) is 11.2. The number of nitrogens with two attached hydrogens (primary N) is 1. The van der Waals surface area contributed by atoms with Crippen LogP contribution in [0.25, 0.3) is 0 Å². The number of nitrogen functional groups attached to an aromatic ring is 1. The molecule has 3 aliphatic heterocycles. The lowest BCUT2D eigenvalue weighted by Gasteiger charge is -2.41. The van der Waals surface area contributed by atoms with Crippen molar-refractivity contribution >= 4 is 41.1 Å². The summed E-state index contributed by atoms with van der Waals surface area (Å²) in [5, 5.41) is 26.2. The average molecular weight is 1130 g/mol. The van der Waals surface area contributed by atoms with Gasteiger partial charge in [-0.15, -0.1) is 0 Å². The number of hydrazone groups is 1. The Labute approximate surface area is 479 Å². The largest absolute Gasteiger partial charge is 0.491 e. The highest BCUT2D eigenvalue weighted by Gasteiger charge is 2.51. The Balaban J connectivity index is 0.819. The van der Waals surface area contributed by atoms with E-state index in [9.17, 15) is 33.6 Å². The molecule has 438 valence electrons. The monoisotopic (exact) mass is 1130 g/mol. The van der Waals surface area contributed by atoms with Gasteiger partial charge in [0.15, 0.2) is 11.6 Å². The molecule has 5 amide bonds. The van der Waals surface area contributed by atoms with E-state index in [1.807, 2.05) is 58.0 Å². The summed E-state index contributed by atoms with van der Waals surface area (Å²) >= 11 is 0. The summed E-state index contributed by atoms with van der Waals surface area (Å²) < 4.78 is 38.5. The highest BCUT2D eigenvalue weighted by Crippen LogP contribution is 2.42. The molecule has 0 saturated carbocycles. The number of carbonyl (C=O) groups excluding carboxylic acids is 5. The molecule has 3 aromatic carbocycles. The highest BCUT2D eigenvalue weighted by atomic mass is 19.1. The molecule has 8 rings (SSSR count). The van der Waals surface area contributed by atoms with Gasteiger partial charge in [-0.3, -0.25) is 29.0 Å². The zero-order valence-electron chi connectivity index (χ0n) is 48.6. The van der Waals surface area contributed by atoms with Crippen molar-refractivity contribution in [1.82, 2.24) is 40.6 Å². The minimum Gasteiger partial charge on any atom is -0.491 e. The standard InChI is InChI=1S/C61H78FN11O9/c1-37(65-7)56(75)68-54(60(3,4)5)59(78)72-35-41-29-44(19-17-40(41)30-49(72)57(76)67-48-16-12-14-39-13-10-11-15-45(39)48)81-28-27-80-26-25-79-24-21-53(74)70(8)22-23-73-52-36-71(9)58(77)46-20-18-43(62)32-47(46)38(2)82-50-31-42(34-66-55(50)64)61(52,6)51(33-63)69-73/h10-11,13,15,17-20,29,31-32,34,37-38,48-49,52,54,65H,12,14,16,21-28,30,35-36H2,1-9H3,(H2,64,66)(H,67,76)(H,68,75)/t37-,38-,48?,49-,52?,54+,61?/m1/s1. The Kier molecular flexibility index (Phi) is 19.2. The van der Waals surface area contributed by atoms with Crippen LogP contribution in [0.5, 0.6) is 11.5 Å². The van der Waals surface area contributed by atoms with Crippen LogP contribution < -0.4 is 31.2 Å². The van der Waals surface area contributed by atoms with Crippen molar-refractivity contribution in [3.63, 3.8) is 0 Å². The van der Waals surface area contributed by atoms with E-state index in [1.54, 1.807) is 62.1 Å². The van der Waals surface area contributed by atoms with Crippen molar-refractivity contribution in [2.24, 2.45) is 10.5 Å². The lowest BCUT2D eigenvalue weighted by molar-refractivity contribution is -0.147. The Morgan fingerprint density at radius 2 is 1.74 bits per heavy atom. The number of ether oxygens (including phenoxy) is 4. The molecule has 0 fully saturated rings. The van der Waals surface area contributed by atoms with E-state index in [0.29, 0.717) is 16.9 Å². The van der Waals surface area contributed by atoms with Gasteiger partial charge in [0.1, 0.15) is 48.1 Å². The summed E-state index contributed by atoms with van der Waals surface area (Å²) in [6.07, 6.45) is 3.87. The van der Waals surface area contributed by atoms with E-state index in [2.05, 4.69) is 39.1 Å². The minimum atomic E-state index is -1.08. The predicted molar refractivity (Wildman–Crippen MR) is 306 cm³/mol. The number of nitriles is 1. The third kappa shape index (κ3) is 13.5. The molecule has 1 aromatic heterocycles. The van der Waals surface area contributed by atoms with Gasteiger partial charge < -0.3 is 55.3 Å². The molecular weight excluding hydrogens is 1050 g/mol. The van der Waals surface area contributed by atoms with E-state index in [1.165, 1.54) is 28.7 Å². The zero-order valence-corrected chi connectivity index (χ0v) is 48.6. The van der Waals surface area contributed by atoms with E-state index in [0.717, 1.165) is 36.0 Å². The van der Waals surface area contributed by atoms with E-state index < -0.39 is 46.9 Å². The van der Waals surface area contributed by atoms with Crippen LogP contribution in [-0.2, 0) is 53.5 Å². The second-order valence-corrected chi connectivity index (χ2v) is 23.0. The Morgan fingerprint density at radius 1 is 1.00 bits per heavy atom. The van der Waals surface area contributed by atoms with Gasteiger partial charge in [-0.25, -0.2) is 9.37 Å². The fraction of sp³-hybridized carbons (Fsp3) is 0.508. The molecule has 5 N–H and O–H groups in total. The number of nitrogens with zero attached hydrogens (tertiary/aromatic N) is 7. The smallest absolute Gasteiger partial charge is 0.254 e. The molecule has 4 aliphatic rings. The molecule has 7 atom stereocenters. The number of pyridine rings is 1. The lowest BCUT2D eigenvalue weighted by Crippen LogP contribution is -2.62. The third-order valence-corrected chi connectivity index (χ3v) is 16.3. The molecule has 20 nitrogen and oxygen atoms in total. The number of carbonyl (C=O) groups is 5. The number of fused-ring (bicyclic) bond motifs is 7. The van der Waals surface area contributed by atoms with E-state index in [4.69, 9.17) is 29.8 Å². The van der Waals surface area contributed by atoms with Crippen molar-refractivity contribution in [1.29, 1.82) is 5.26 Å². The van der Waals surface area contributed by atoms with Crippen molar-refractivity contribution in [3.05, 3.63) is 118 Å². The first-order chi connectivity index (χ1) is 39.1. The number of aryl methyl sites for hydroxylation is 1. The van der Waals surface area contributed by atoms with Crippen LogP contribution in [0, 0.1) is 22.6 Å². The summed E-state index contributed by atoms with van der Waals surface area (Å²) in [4.78, 5) is 78.9. The molecule has 0 radical (unpaired) electrons. The maximum absolute atomic E-state index is 14.8. The normalized spacial score (nSPS) is 21.1. The summed E-state index contributed by atoms with van der Waals surface area (Å²) in [5.74, 6) is -1.08. The van der Waals surface area contributed by atoms with Crippen LogP contribution in [0.2, 0.25) is 0 Å². The summed E-state index contributed by atoms with van der Waals surface area (Å²) in [5.41, 5.74) is 9.96. The van der Waals surface area contributed by atoms with Gasteiger partial charge in [-0.1, -0.05) is 51.1 Å². The first-order valence-electron chi connectivity index (χ1n) is 28.2. The molecule has 0 saturated heterocycles. The number of rotatable bonds is 19. The average Bonchev–Trinajstić information content (AvgIpc) is 4.00.